The maximum Gasteiger partial charge on any atom is 0.145 e. The van der Waals surface area contributed by atoms with Gasteiger partial charge in [0.1, 0.15) is 16.8 Å². The molecule has 82 valence electrons. The van der Waals surface area contributed by atoms with Crippen molar-refractivity contribution in [1.29, 1.82) is 0 Å². The fraction of sp³-hybridized carbons (Fsp3) is 0.308. The van der Waals surface area contributed by atoms with Crippen LogP contribution in [0.5, 0.6) is 0 Å². The van der Waals surface area contributed by atoms with Gasteiger partial charge in [-0.3, -0.25) is 4.79 Å². The lowest BCUT2D eigenvalue weighted by Gasteiger charge is -2.38. The van der Waals surface area contributed by atoms with Crippen molar-refractivity contribution in [2.45, 2.75) is 12.3 Å². The minimum absolute atomic E-state index is 0.144. The monoisotopic (exact) mass is 216 g/mol. The van der Waals surface area contributed by atoms with Gasteiger partial charge in [0, 0.05) is 10.9 Å². The molecule has 3 nitrogen and oxygen atoms in total. The van der Waals surface area contributed by atoms with Crippen LogP contribution in [0.25, 0.3) is 11.0 Å². The summed E-state index contributed by atoms with van der Waals surface area (Å²) in [6.07, 6.45) is 1.69. The van der Waals surface area contributed by atoms with E-state index in [1.54, 1.807) is 13.2 Å². The van der Waals surface area contributed by atoms with Crippen LogP contribution >= 0.6 is 0 Å². The number of hydrogen-bond donors (Lipinski definition) is 0. The maximum atomic E-state index is 11.8. The predicted octanol–water partition coefficient (Wildman–Crippen LogP) is 2.29. The summed E-state index contributed by atoms with van der Waals surface area (Å²) in [6.45, 7) is 2.54. The number of benzene rings is 1. The summed E-state index contributed by atoms with van der Waals surface area (Å²) in [5.41, 5.74) is 1.30. The van der Waals surface area contributed by atoms with Crippen LogP contribution < -0.4 is 0 Å². The van der Waals surface area contributed by atoms with Gasteiger partial charge < -0.3 is 9.15 Å². The second-order valence-electron chi connectivity index (χ2n) is 4.28. The number of carbonyl (C=O) groups is 1. The molecule has 1 fully saturated rings. The van der Waals surface area contributed by atoms with Gasteiger partial charge in [0.2, 0.25) is 0 Å². The molecule has 0 atom stereocenters. The van der Waals surface area contributed by atoms with Crippen molar-refractivity contribution in [3.63, 3.8) is 0 Å². The van der Waals surface area contributed by atoms with Crippen LogP contribution in [0.2, 0.25) is 0 Å². The fourth-order valence-electron chi connectivity index (χ4n) is 2.20. The average Bonchev–Trinajstić information content (AvgIpc) is 2.61. The fourth-order valence-corrected chi connectivity index (χ4v) is 2.20. The normalized spacial score (nSPS) is 18.3. The van der Waals surface area contributed by atoms with Gasteiger partial charge in [0.05, 0.1) is 19.5 Å². The molecular weight excluding hydrogens is 204 g/mol. The summed E-state index contributed by atoms with van der Waals surface area (Å²) < 4.78 is 10.7. The van der Waals surface area contributed by atoms with Crippen molar-refractivity contribution in [1.82, 2.24) is 0 Å². The van der Waals surface area contributed by atoms with Crippen molar-refractivity contribution < 1.29 is 13.9 Å². The molecular formula is C13H12O3. The molecule has 16 heavy (non-hydrogen) atoms. The Kier molecular flexibility index (Phi) is 1.91. The van der Waals surface area contributed by atoms with Gasteiger partial charge in [-0.15, -0.1) is 0 Å². The minimum Gasteiger partial charge on any atom is -0.464 e. The van der Waals surface area contributed by atoms with Crippen LogP contribution in [0, 0.1) is 0 Å². The van der Waals surface area contributed by atoms with E-state index in [2.05, 4.69) is 0 Å². The van der Waals surface area contributed by atoms with Crippen molar-refractivity contribution >= 4 is 16.8 Å². The van der Waals surface area contributed by atoms with Gasteiger partial charge in [0.15, 0.2) is 0 Å². The first kappa shape index (κ1) is 9.60. The summed E-state index contributed by atoms with van der Waals surface area (Å²) in [7, 11) is 0. The highest BCUT2D eigenvalue weighted by Crippen LogP contribution is 2.38. The molecule has 0 spiro atoms. The van der Waals surface area contributed by atoms with Crippen LogP contribution in [0.3, 0.4) is 0 Å². The molecule has 3 heteroatoms. The summed E-state index contributed by atoms with van der Waals surface area (Å²) in [4.78, 5) is 11.8. The topological polar surface area (TPSA) is 39.4 Å². The van der Waals surface area contributed by atoms with E-state index in [4.69, 9.17) is 9.15 Å². The summed E-state index contributed by atoms with van der Waals surface area (Å²) in [6, 6.07) is 7.77. The molecule has 1 aromatic heterocycles. The van der Waals surface area contributed by atoms with E-state index in [0.29, 0.717) is 13.2 Å². The molecule has 0 aliphatic carbocycles. The van der Waals surface area contributed by atoms with E-state index in [9.17, 15) is 4.79 Å². The molecule has 1 aliphatic heterocycles. The molecule has 1 aromatic carbocycles. The molecule has 0 unspecified atom stereocenters. The number of furan rings is 1. The Bertz CT molecular complexity index is 549. The SMILES string of the molecule is CC(=O)C1(c2coc3ccccc23)COC1. The number of fused-ring (bicyclic) bond motifs is 1. The van der Waals surface area contributed by atoms with Gasteiger partial charge in [-0.1, -0.05) is 18.2 Å². The smallest absolute Gasteiger partial charge is 0.145 e. The number of ketones is 1. The lowest BCUT2D eigenvalue weighted by atomic mass is 9.75. The number of rotatable bonds is 2. The zero-order chi connectivity index (χ0) is 11.2. The van der Waals surface area contributed by atoms with Crippen LogP contribution in [-0.2, 0) is 14.9 Å². The highest BCUT2D eigenvalue weighted by Gasteiger charge is 2.46. The third kappa shape index (κ3) is 1.09. The van der Waals surface area contributed by atoms with E-state index in [1.807, 2.05) is 24.3 Å². The van der Waals surface area contributed by atoms with Crippen LogP contribution in [0.4, 0.5) is 0 Å². The number of ether oxygens (including phenoxy) is 1. The second kappa shape index (κ2) is 3.19. The van der Waals surface area contributed by atoms with E-state index in [-0.39, 0.29) is 5.78 Å². The Morgan fingerprint density at radius 1 is 1.31 bits per heavy atom. The third-order valence-corrected chi connectivity index (χ3v) is 3.37. The second-order valence-corrected chi connectivity index (χ2v) is 4.28. The lowest BCUT2D eigenvalue weighted by Crippen LogP contribution is -2.51. The van der Waals surface area contributed by atoms with Gasteiger partial charge in [-0.25, -0.2) is 0 Å². The minimum atomic E-state index is -0.480. The Hall–Kier alpha value is -1.61. The molecule has 2 aromatic rings. The van der Waals surface area contributed by atoms with E-state index in [0.717, 1.165) is 16.5 Å². The van der Waals surface area contributed by atoms with Gasteiger partial charge in [0.25, 0.3) is 0 Å². The van der Waals surface area contributed by atoms with Crippen molar-refractivity contribution in [2.24, 2.45) is 0 Å². The first-order valence-corrected chi connectivity index (χ1v) is 5.29. The number of Topliss-reactive ketones (excluding diaryl/α,β-unsaturated/α-hetero) is 1. The highest BCUT2D eigenvalue weighted by molar-refractivity contribution is 5.95. The average molecular weight is 216 g/mol. The molecule has 0 amide bonds. The Balaban J connectivity index is 2.22. The molecule has 0 bridgehead atoms. The standard InChI is InChI=1S/C13H12O3/c1-9(14)13(7-15-8-13)11-6-16-12-5-3-2-4-10(11)12/h2-6H,7-8H2,1H3. The summed E-state index contributed by atoms with van der Waals surface area (Å²) in [5, 5.41) is 1.01. The van der Waals surface area contributed by atoms with Gasteiger partial charge in [-0.2, -0.15) is 0 Å². The predicted molar refractivity (Wildman–Crippen MR) is 59.4 cm³/mol. The van der Waals surface area contributed by atoms with Crippen LogP contribution in [0.15, 0.2) is 34.9 Å². The largest absolute Gasteiger partial charge is 0.464 e. The summed E-state index contributed by atoms with van der Waals surface area (Å²) in [5.74, 6) is 0.144. The third-order valence-electron chi connectivity index (χ3n) is 3.37. The molecule has 3 rings (SSSR count). The number of carbonyl (C=O) groups excluding carboxylic acids is 1. The maximum absolute atomic E-state index is 11.8. The Labute approximate surface area is 93.0 Å². The first-order chi connectivity index (χ1) is 7.74. The van der Waals surface area contributed by atoms with Crippen molar-refractivity contribution in [3.8, 4) is 0 Å². The molecule has 0 saturated carbocycles. The molecule has 0 N–H and O–H groups in total. The van der Waals surface area contributed by atoms with Gasteiger partial charge in [-0.05, 0) is 13.0 Å². The molecule has 1 saturated heterocycles. The Morgan fingerprint density at radius 2 is 2.06 bits per heavy atom. The molecule has 1 aliphatic rings. The van der Waals surface area contributed by atoms with Crippen LogP contribution in [0.1, 0.15) is 12.5 Å². The first-order valence-electron chi connectivity index (χ1n) is 5.29. The molecule has 2 heterocycles. The van der Waals surface area contributed by atoms with Crippen molar-refractivity contribution in [3.05, 3.63) is 36.1 Å². The Morgan fingerprint density at radius 3 is 2.69 bits per heavy atom. The zero-order valence-electron chi connectivity index (χ0n) is 9.03. The molecule has 0 radical (unpaired) electrons. The number of para-hydroxylation sites is 1. The quantitative estimate of drug-likeness (QED) is 0.773. The lowest BCUT2D eigenvalue weighted by molar-refractivity contribution is -0.140. The zero-order valence-corrected chi connectivity index (χ0v) is 9.03. The highest BCUT2D eigenvalue weighted by atomic mass is 16.5. The van der Waals surface area contributed by atoms with Crippen LogP contribution in [-0.4, -0.2) is 19.0 Å². The summed E-state index contributed by atoms with van der Waals surface area (Å²) >= 11 is 0. The number of hydrogen-bond acceptors (Lipinski definition) is 3. The van der Waals surface area contributed by atoms with E-state index < -0.39 is 5.41 Å². The van der Waals surface area contributed by atoms with Gasteiger partial charge >= 0.3 is 0 Å². The van der Waals surface area contributed by atoms with Crippen molar-refractivity contribution in [2.75, 3.05) is 13.2 Å². The van der Waals surface area contributed by atoms with E-state index in [1.165, 1.54) is 0 Å². The van der Waals surface area contributed by atoms with E-state index >= 15 is 0 Å².